The first-order valence-electron chi connectivity index (χ1n) is 4.74. The van der Waals surface area contributed by atoms with Gasteiger partial charge >= 0.3 is 0 Å². The number of rotatable bonds is 3. The second kappa shape index (κ2) is 5.47. The lowest BCUT2D eigenvalue weighted by Gasteiger charge is -2.09. The van der Waals surface area contributed by atoms with Gasteiger partial charge in [0.15, 0.2) is 5.82 Å². The highest BCUT2D eigenvalue weighted by Gasteiger charge is 2.17. The average Bonchev–Trinajstić information content (AvgIpc) is 2.26. The van der Waals surface area contributed by atoms with E-state index in [0.717, 1.165) is 0 Å². The Morgan fingerprint density at radius 2 is 2.38 bits per heavy atom. The number of anilines is 1. The molecule has 1 aromatic carbocycles. The van der Waals surface area contributed by atoms with Gasteiger partial charge in [-0.1, -0.05) is 24.6 Å². The van der Waals surface area contributed by atoms with Crippen LogP contribution in [-0.2, 0) is 4.79 Å². The number of benzene rings is 1. The van der Waals surface area contributed by atoms with E-state index in [2.05, 4.69) is 5.32 Å². The highest BCUT2D eigenvalue weighted by atomic mass is 35.5. The first-order valence-corrected chi connectivity index (χ1v) is 5.12. The number of carbonyl (C=O) groups is 1. The Labute approximate surface area is 97.8 Å². The van der Waals surface area contributed by atoms with Crippen LogP contribution in [0, 0.1) is 23.1 Å². The highest BCUT2D eigenvalue weighted by Crippen LogP contribution is 2.22. The van der Waals surface area contributed by atoms with Crippen LogP contribution < -0.4 is 5.32 Å². The molecule has 0 aromatic heterocycles. The second-order valence-corrected chi connectivity index (χ2v) is 3.59. The Kier molecular flexibility index (Phi) is 4.27. The van der Waals surface area contributed by atoms with Crippen LogP contribution in [0.4, 0.5) is 10.1 Å². The predicted molar refractivity (Wildman–Crippen MR) is 59.4 cm³/mol. The van der Waals surface area contributed by atoms with Crippen molar-refractivity contribution in [3.05, 3.63) is 29.0 Å². The summed E-state index contributed by atoms with van der Waals surface area (Å²) >= 11 is 5.55. The monoisotopic (exact) mass is 240 g/mol. The maximum atomic E-state index is 13.4. The smallest absolute Gasteiger partial charge is 0.241 e. The van der Waals surface area contributed by atoms with Crippen LogP contribution in [0.5, 0.6) is 0 Å². The van der Waals surface area contributed by atoms with E-state index < -0.39 is 17.6 Å². The van der Waals surface area contributed by atoms with E-state index in [1.165, 1.54) is 18.2 Å². The van der Waals surface area contributed by atoms with Gasteiger partial charge in [-0.3, -0.25) is 4.79 Å². The van der Waals surface area contributed by atoms with Crippen molar-refractivity contribution in [2.24, 2.45) is 5.92 Å². The molecule has 0 spiro atoms. The molecule has 5 heteroatoms. The summed E-state index contributed by atoms with van der Waals surface area (Å²) < 4.78 is 13.4. The molecule has 1 aromatic rings. The molecule has 0 fully saturated rings. The number of hydrogen-bond acceptors (Lipinski definition) is 2. The third-order valence-electron chi connectivity index (χ3n) is 2.09. The van der Waals surface area contributed by atoms with Gasteiger partial charge in [0, 0.05) is 0 Å². The number of nitriles is 1. The minimum absolute atomic E-state index is 0.00815. The lowest BCUT2D eigenvalue weighted by Crippen LogP contribution is -2.21. The topological polar surface area (TPSA) is 52.9 Å². The lowest BCUT2D eigenvalue weighted by atomic mass is 10.1. The molecule has 0 aliphatic carbocycles. The summed E-state index contributed by atoms with van der Waals surface area (Å²) in [5, 5.41) is 10.9. The zero-order chi connectivity index (χ0) is 12.1. The molecule has 1 unspecified atom stereocenters. The van der Waals surface area contributed by atoms with Crippen molar-refractivity contribution in [1.29, 1.82) is 5.26 Å². The summed E-state index contributed by atoms with van der Waals surface area (Å²) in [7, 11) is 0. The van der Waals surface area contributed by atoms with Crippen molar-refractivity contribution in [2.45, 2.75) is 13.3 Å². The maximum absolute atomic E-state index is 13.4. The van der Waals surface area contributed by atoms with Crippen LogP contribution in [0.1, 0.15) is 13.3 Å². The zero-order valence-electron chi connectivity index (χ0n) is 8.63. The van der Waals surface area contributed by atoms with E-state index in [4.69, 9.17) is 16.9 Å². The van der Waals surface area contributed by atoms with Crippen LogP contribution in [0.3, 0.4) is 0 Å². The molecule has 0 bridgehead atoms. The molecule has 0 aliphatic heterocycles. The SMILES string of the molecule is CCC(C#N)C(=O)Nc1cccc(Cl)c1F. The average molecular weight is 241 g/mol. The molecule has 16 heavy (non-hydrogen) atoms. The summed E-state index contributed by atoms with van der Waals surface area (Å²) in [6, 6.07) is 6.14. The number of nitrogens with one attached hydrogen (secondary N) is 1. The summed E-state index contributed by atoms with van der Waals surface area (Å²) in [5.74, 6) is -1.99. The van der Waals surface area contributed by atoms with Crippen LogP contribution in [0.15, 0.2) is 18.2 Å². The van der Waals surface area contributed by atoms with Gasteiger partial charge in [0.2, 0.25) is 5.91 Å². The standard InChI is InChI=1S/C11H10ClFN2O/c1-2-7(6-14)11(16)15-9-5-3-4-8(12)10(9)13/h3-5,7H,2H2,1H3,(H,15,16). The van der Waals surface area contributed by atoms with Crippen LogP contribution in [0.2, 0.25) is 5.02 Å². The Hall–Kier alpha value is -1.60. The molecule has 0 saturated heterocycles. The third-order valence-corrected chi connectivity index (χ3v) is 2.38. The molecule has 1 rings (SSSR count). The second-order valence-electron chi connectivity index (χ2n) is 3.18. The van der Waals surface area contributed by atoms with Gasteiger partial charge in [-0.2, -0.15) is 5.26 Å². The van der Waals surface area contributed by atoms with Crippen molar-refractivity contribution in [2.75, 3.05) is 5.32 Å². The van der Waals surface area contributed by atoms with Crippen molar-refractivity contribution in [1.82, 2.24) is 0 Å². The fraction of sp³-hybridized carbons (Fsp3) is 0.273. The van der Waals surface area contributed by atoms with E-state index in [1.54, 1.807) is 6.92 Å². The van der Waals surface area contributed by atoms with Gasteiger partial charge in [0.05, 0.1) is 16.8 Å². The van der Waals surface area contributed by atoms with Crippen molar-refractivity contribution >= 4 is 23.2 Å². The van der Waals surface area contributed by atoms with Crippen LogP contribution in [-0.4, -0.2) is 5.91 Å². The zero-order valence-corrected chi connectivity index (χ0v) is 9.38. The van der Waals surface area contributed by atoms with Crippen LogP contribution >= 0.6 is 11.6 Å². The van der Waals surface area contributed by atoms with Gasteiger partial charge < -0.3 is 5.32 Å². The van der Waals surface area contributed by atoms with E-state index in [1.807, 2.05) is 6.07 Å². The molecule has 1 atom stereocenters. The van der Waals surface area contributed by atoms with Gasteiger partial charge in [-0.15, -0.1) is 0 Å². The van der Waals surface area contributed by atoms with Crippen molar-refractivity contribution < 1.29 is 9.18 Å². The maximum Gasteiger partial charge on any atom is 0.241 e. The summed E-state index contributed by atoms with van der Waals surface area (Å²) in [5.41, 5.74) is -0.00815. The quantitative estimate of drug-likeness (QED) is 0.883. The third kappa shape index (κ3) is 2.71. The number of carbonyl (C=O) groups excluding carboxylic acids is 1. The van der Waals surface area contributed by atoms with Gasteiger partial charge in [0.1, 0.15) is 5.92 Å². The Bertz CT molecular complexity index is 442. The molecule has 1 N–H and O–H groups in total. The first-order chi connectivity index (χ1) is 7.60. The van der Waals surface area contributed by atoms with E-state index in [0.29, 0.717) is 6.42 Å². The minimum Gasteiger partial charge on any atom is -0.322 e. The van der Waals surface area contributed by atoms with Crippen molar-refractivity contribution in [3.63, 3.8) is 0 Å². The molecular formula is C11H10ClFN2O. The molecule has 0 saturated carbocycles. The molecule has 1 amide bonds. The summed E-state index contributed by atoms with van der Waals surface area (Å²) in [4.78, 5) is 11.5. The number of amides is 1. The normalized spacial score (nSPS) is 11.6. The largest absolute Gasteiger partial charge is 0.322 e. The Morgan fingerprint density at radius 3 is 2.94 bits per heavy atom. The van der Waals surface area contributed by atoms with Gasteiger partial charge in [-0.25, -0.2) is 4.39 Å². The number of hydrogen-bond donors (Lipinski definition) is 1. The van der Waals surface area contributed by atoms with Gasteiger partial charge in [-0.05, 0) is 18.6 Å². The molecular weight excluding hydrogens is 231 g/mol. The van der Waals surface area contributed by atoms with E-state index in [9.17, 15) is 9.18 Å². The Morgan fingerprint density at radius 1 is 1.69 bits per heavy atom. The van der Waals surface area contributed by atoms with Crippen molar-refractivity contribution in [3.8, 4) is 6.07 Å². The number of nitrogens with zero attached hydrogens (tertiary/aromatic N) is 1. The lowest BCUT2D eigenvalue weighted by molar-refractivity contribution is -0.118. The predicted octanol–water partition coefficient (Wildman–Crippen LogP) is 2.97. The molecule has 0 aliphatic rings. The fourth-order valence-electron chi connectivity index (χ4n) is 1.16. The minimum atomic E-state index is -0.779. The Balaban J connectivity index is 2.86. The molecule has 0 radical (unpaired) electrons. The first kappa shape index (κ1) is 12.5. The van der Waals surface area contributed by atoms with Gasteiger partial charge in [0.25, 0.3) is 0 Å². The molecule has 0 heterocycles. The van der Waals surface area contributed by atoms with E-state index in [-0.39, 0.29) is 10.7 Å². The van der Waals surface area contributed by atoms with E-state index >= 15 is 0 Å². The fourth-order valence-corrected chi connectivity index (χ4v) is 1.33. The summed E-state index contributed by atoms with van der Waals surface area (Å²) in [6.07, 6.45) is 0.379. The highest BCUT2D eigenvalue weighted by molar-refractivity contribution is 6.31. The summed E-state index contributed by atoms with van der Waals surface area (Å²) in [6.45, 7) is 1.71. The molecule has 3 nitrogen and oxygen atoms in total. The molecule has 84 valence electrons. The number of halogens is 2. The van der Waals surface area contributed by atoms with Crippen LogP contribution in [0.25, 0.3) is 0 Å².